The first-order chi connectivity index (χ1) is 24.7. The van der Waals surface area contributed by atoms with Crippen LogP contribution in [0.15, 0.2) is 146 Å². The van der Waals surface area contributed by atoms with Crippen LogP contribution in [0.2, 0.25) is 0 Å². The van der Waals surface area contributed by atoms with Crippen LogP contribution < -0.4 is 9.47 Å². The Morgan fingerprint density at radius 3 is 1.32 bits per heavy atom. The summed E-state index contributed by atoms with van der Waals surface area (Å²) in [6, 6.07) is 45.9. The van der Waals surface area contributed by atoms with Crippen LogP contribution >= 0.6 is 0 Å². The van der Waals surface area contributed by atoms with Crippen LogP contribution in [0.4, 0.5) is 0 Å². The number of nitrogens with one attached hydrogen (secondary N) is 2. The van der Waals surface area contributed by atoms with Crippen molar-refractivity contribution in [2.45, 2.75) is 0 Å². The van der Waals surface area contributed by atoms with Gasteiger partial charge in [-0.25, -0.2) is 0 Å². The van der Waals surface area contributed by atoms with E-state index >= 15 is 0 Å². The Hall–Kier alpha value is -6.66. The average Bonchev–Trinajstić information content (AvgIpc) is 3.75. The van der Waals surface area contributed by atoms with E-state index in [-0.39, 0.29) is 0 Å². The van der Waals surface area contributed by atoms with Gasteiger partial charge >= 0.3 is 0 Å². The van der Waals surface area contributed by atoms with Gasteiger partial charge < -0.3 is 19.4 Å². The number of hydrogen-bond donors (Lipinski definition) is 2. The van der Waals surface area contributed by atoms with Crippen molar-refractivity contribution in [1.82, 2.24) is 19.9 Å². The molecule has 6 nitrogen and oxygen atoms in total. The van der Waals surface area contributed by atoms with Crippen LogP contribution in [-0.4, -0.2) is 34.2 Å². The molecule has 0 atom stereocenters. The van der Waals surface area contributed by atoms with Crippen molar-refractivity contribution in [3.8, 4) is 34.0 Å². The van der Waals surface area contributed by atoms with E-state index < -0.39 is 0 Å². The van der Waals surface area contributed by atoms with Crippen molar-refractivity contribution in [3.63, 3.8) is 0 Å². The summed E-state index contributed by atoms with van der Waals surface area (Å²) in [5.41, 5.74) is 8.53. The fraction of sp³-hybridized carbons (Fsp3) is 0.0455. The van der Waals surface area contributed by atoms with Gasteiger partial charge in [0.15, 0.2) is 0 Å². The molecule has 0 unspecified atom stereocenters. The number of H-pyrrole nitrogens is 2. The summed E-state index contributed by atoms with van der Waals surface area (Å²) in [6.45, 7) is 0. The van der Waals surface area contributed by atoms with Crippen LogP contribution in [-0.2, 0) is 0 Å². The summed E-state index contributed by atoms with van der Waals surface area (Å²) in [7, 11) is 3.39. The maximum atomic E-state index is 5.38. The van der Waals surface area contributed by atoms with Crippen molar-refractivity contribution >= 4 is 65.2 Å². The van der Waals surface area contributed by atoms with Gasteiger partial charge in [-0.05, 0) is 70.1 Å². The molecule has 0 saturated carbocycles. The van der Waals surface area contributed by atoms with E-state index in [2.05, 4.69) is 131 Å². The molecule has 0 saturated heterocycles. The van der Waals surface area contributed by atoms with Crippen LogP contribution in [0.1, 0.15) is 0 Å². The van der Waals surface area contributed by atoms with E-state index in [1.54, 1.807) is 14.2 Å². The predicted molar refractivity (Wildman–Crippen MR) is 206 cm³/mol. The zero-order valence-corrected chi connectivity index (χ0v) is 27.6. The number of benzene rings is 6. The zero-order chi connectivity index (χ0) is 33.6. The van der Waals surface area contributed by atoms with E-state index in [1.807, 2.05) is 24.5 Å². The first kappa shape index (κ1) is 29.5. The fourth-order valence-corrected chi connectivity index (χ4v) is 7.13. The lowest BCUT2D eigenvalue weighted by Crippen LogP contribution is -1.87. The van der Waals surface area contributed by atoms with E-state index in [0.717, 1.165) is 77.6 Å². The monoisotopic (exact) mass is 648 g/mol. The molecule has 0 aliphatic heterocycles. The highest BCUT2D eigenvalue weighted by Crippen LogP contribution is 2.37. The van der Waals surface area contributed by atoms with Crippen LogP contribution in [0.25, 0.3) is 87.7 Å². The Balaban J connectivity index is 0.000000135. The Kier molecular flexibility index (Phi) is 7.13. The maximum Gasteiger partial charge on any atom is 0.119 e. The number of hydrogen-bond acceptors (Lipinski definition) is 4. The highest BCUT2D eigenvalue weighted by Gasteiger charge is 2.15. The third-order valence-electron chi connectivity index (χ3n) is 9.54. The molecule has 4 aromatic heterocycles. The Morgan fingerprint density at radius 1 is 0.420 bits per heavy atom. The molecule has 0 bridgehead atoms. The second kappa shape index (κ2) is 12.1. The molecule has 4 heterocycles. The molecule has 6 heteroatoms. The second-order valence-electron chi connectivity index (χ2n) is 12.3. The minimum Gasteiger partial charge on any atom is -0.497 e. The Labute approximate surface area is 288 Å². The van der Waals surface area contributed by atoms with Crippen molar-refractivity contribution < 1.29 is 9.47 Å². The highest BCUT2D eigenvalue weighted by molar-refractivity contribution is 6.14. The van der Waals surface area contributed by atoms with E-state index in [1.165, 1.54) is 21.5 Å². The number of aromatic amines is 2. The lowest BCUT2D eigenvalue weighted by molar-refractivity contribution is 0.415. The molecule has 2 N–H and O–H groups in total. The molecule has 50 heavy (non-hydrogen) atoms. The molecule has 0 radical (unpaired) electrons. The normalized spacial score (nSPS) is 11.4. The standard InChI is InChI=1S/2C22H16N2O/c2*1-25-15-9-10-20-19(13-15)18-11-12-23-21(22(18)24-20)17-8-4-6-14-5-2-3-7-16(14)17/h2*2-13,24H,1H3. The summed E-state index contributed by atoms with van der Waals surface area (Å²) < 4.78 is 10.8. The van der Waals surface area contributed by atoms with Gasteiger partial charge in [0.25, 0.3) is 0 Å². The number of methoxy groups -OCH3 is 2. The third-order valence-corrected chi connectivity index (χ3v) is 9.54. The molecule has 0 aliphatic carbocycles. The molecular weight excluding hydrogens is 617 g/mol. The van der Waals surface area contributed by atoms with Crippen LogP contribution in [0, 0.1) is 0 Å². The number of rotatable bonds is 4. The molecular formula is C44H32N4O2. The summed E-state index contributed by atoms with van der Waals surface area (Å²) in [4.78, 5) is 16.5. The minimum atomic E-state index is 0.858. The molecule has 10 rings (SSSR count). The fourth-order valence-electron chi connectivity index (χ4n) is 7.13. The lowest BCUT2D eigenvalue weighted by Gasteiger charge is -2.07. The molecule has 6 aromatic carbocycles. The van der Waals surface area contributed by atoms with E-state index in [9.17, 15) is 0 Å². The molecule has 10 aromatic rings. The first-order valence-corrected chi connectivity index (χ1v) is 16.6. The van der Waals surface area contributed by atoms with Gasteiger partial charge in [-0.15, -0.1) is 0 Å². The zero-order valence-electron chi connectivity index (χ0n) is 27.6. The number of nitrogens with zero attached hydrogens (tertiary/aromatic N) is 2. The van der Waals surface area contributed by atoms with Gasteiger partial charge in [-0.1, -0.05) is 84.9 Å². The Morgan fingerprint density at radius 2 is 0.860 bits per heavy atom. The van der Waals surface area contributed by atoms with Crippen LogP contribution in [0.5, 0.6) is 11.5 Å². The van der Waals surface area contributed by atoms with Gasteiger partial charge in [-0.2, -0.15) is 0 Å². The van der Waals surface area contributed by atoms with Crippen molar-refractivity contribution in [2.75, 3.05) is 14.2 Å². The maximum absolute atomic E-state index is 5.38. The molecule has 0 spiro atoms. The van der Waals surface area contributed by atoms with Gasteiger partial charge in [-0.3, -0.25) is 9.97 Å². The third kappa shape index (κ3) is 4.89. The smallest absolute Gasteiger partial charge is 0.119 e. The van der Waals surface area contributed by atoms with Gasteiger partial charge in [0.2, 0.25) is 0 Å². The second-order valence-corrected chi connectivity index (χ2v) is 12.3. The van der Waals surface area contributed by atoms with Gasteiger partial charge in [0.05, 0.1) is 36.6 Å². The van der Waals surface area contributed by atoms with Crippen molar-refractivity contribution in [1.29, 1.82) is 0 Å². The summed E-state index contributed by atoms with van der Waals surface area (Å²) in [6.07, 6.45) is 3.76. The van der Waals surface area contributed by atoms with E-state index in [0.29, 0.717) is 0 Å². The first-order valence-electron chi connectivity index (χ1n) is 16.6. The number of pyridine rings is 2. The predicted octanol–water partition coefficient (Wildman–Crippen LogP) is 11.1. The topological polar surface area (TPSA) is 75.8 Å². The lowest BCUT2D eigenvalue weighted by atomic mass is 10.0. The summed E-state index contributed by atoms with van der Waals surface area (Å²) in [5, 5.41) is 9.48. The van der Waals surface area contributed by atoms with Crippen molar-refractivity contribution in [2.24, 2.45) is 0 Å². The minimum absolute atomic E-state index is 0.858. The Bertz CT molecular complexity index is 2660. The van der Waals surface area contributed by atoms with Gasteiger partial charge in [0, 0.05) is 56.1 Å². The quantitative estimate of drug-likeness (QED) is 0.199. The van der Waals surface area contributed by atoms with E-state index in [4.69, 9.17) is 19.4 Å². The number of aromatic nitrogens is 4. The molecule has 0 amide bonds. The van der Waals surface area contributed by atoms with Crippen molar-refractivity contribution in [3.05, 3.63) is 146 Å². The molecule has 240 valence electrons. The average molecular weight is 649 g/mol. The number of fused-ring (bicyclic) bond motifs is 8. The van der Waals surface area contributed by atoms with Gasteiger partial charge in [0.1, 0.15) is 11.5 Å². The largest absolute Gasteiger partial charge is 0.497 e. The SMILES string of the molecule is COc1ccc2[nH]c3c(-c4cccc5ccccc45)nccc3c2c1.COc1ccc2[nH]c3c(-c4cccc5ccccc45)nccc3c2c1. The summed E-state index contributed by atoms with van der Waals surface area (Å²) in [5.74, 6) is 1.72. The molecule has 0 fully saturated rings. The highest BCUT2D eigenvalue weighted by atomic mass is 16.5. The summed E-state index contributed by atoms with van der Waals surface area (Å²) >= 11 is 0. The molecule has 0 aliphatic rings. The number of ether oxygens (including phenoxy) is 2. The van der Waals surface area contributed by atoms with Crippen LogP contribution in [0.3, 0.4) is 0 Å².